The molecule has 0 saturated heterocycles. The first-order valence-corrected chi connectivity index (χ1v) is 9.97. The van der Waals surface area contributed by atoms with Gasteiger partial charge in [-0.1, -0.05) is 30.3 Å². The lowest BCUT2D eigenvalue weighted by Gasteiger charge is -2.29. The molecule has 0 spiro atoms. The van der Waals surface area contributed by atoms with Gasteiger partial charge in [-0.2, -0.15) is 0 Å². The molecule has 0 aliphatic heterocycles. The highest BCUT2D eigenvalue weighted by Gasteiger charge is 2.34. The number of esters is 1. The number of amides is 2. The third-order valence-corrected chi connectivity index (χ3v) is 4.06. The summed E-state index contributed by atoms with van der Waals surface area (Å²) in [5.74, 6) is -0.969. The highest BCUT2D eigenvalue weighted by molar-refractivity contribution is 5.92. The molecular formula is C22H34N2O5. The molecule has 0 heterocycles. The van der Waals surface area contributed by atoms with Crippen molar-refractivity contribution in [2.24, 2.45) is 0 Å². The van der Waals surface area contributed by atoms with Crippen LogP contribution in [0, 0.1) is 0 Å². The van der Waals surface area contributed by atoms with E-state index < -0.39 is 35.2 Å². The van der Waals surface area contributed by atoms with Gasteiger partial charge in [-0.3, -0.25) is 4.79 Å². The molecule has 0 fully saturated rings. The Morgan fingerprint density at radius 3 is 2.21 bits per heavy atom. The second-order valence-corrected chi connectivity index (χ2v) is 8.41. The topological polar surface area (TPSA) is 93.7 Å². The summed E-state index contributed by atoms with van der Waals surface area (Å²) in [6, 6.07) is 9.13. The third-order valence-electron chi connectivity index (χ3n) is 4.06. The Hall–Kier alpha value is -2.57. The van der Waals surface area contributed by atoms with Gasteiger partial charge in [0.05, 0.1) is 6.61 Å². The zero-order chi connectivity index (χ0) is 22.1. The number of ether oxygens (including phenoxy) is 2. The Labute approximate surface area is 173 Å². The summed E-state index contributed by atoms with van der Waals surface area (Å²) in [6.45, 7) is 10.3. The predicted octanol–water partition coefficient (Wildman–Crippen LogP) is 3.36. The Morgan fingerprint density at radius 2 is 1.66 bits per heavy atom. The molecule has 1 unspecified atom stereocenters. The summed E-state index contributed by atoms with van der Waals surface area (Å²) < 4.78 is 10.3. The van der Waals surface area contributed by atoms with Gasteiger partial charge in [0.2, 0.25) is 5.91 Å². The quantitative estimate of drug-likeness (QED) is 0.613. The molecule has 7 nitrogen and oxygen atoms in total. The van der Waals surface area contributed by atoms with Crippen LogP contribution >= 0.6 is 0 Å². The van der Waals surface area contributed by atoms with Crippen molar-refractivity contribution < 1.29 is 23.9 Å². The van der Waals surface area contributed by atoms with Gasteiger partial charge in [0.15, 0.2) is 0 Å². The van der Waals surface area contributed by atoms with Crippen molar-refractivity contribution in [1.82, 2.24) is 10.6 Å². The zero-order valence-electron chi connectivity index (χ0n) is 18.3. The smallest absolute Gasteiger partial charge is 0.408 e. The third kappa shape index (κ3) is 9.45. The van der Waals surface area contributed by atoms with Crippen molar-refractivity contribution in [1.29, 1.82) is 0 Å². The molecule has 162 valence electrons. The van der Waals surface area contributed by atoms with Crippen LogP contribution in [0.25, 0.3) is 0 Å². The maximum Gasteiger partial charge on any atom is 0.408 e. The number of hydrogen-bond donors (Lipinski definition) is 2. The van der Waals surface area contributed by atoms with Crippen LogP contribution in [-0.2, 0) is 25.5 Å². The van der Waals surface area contributed by atoms with Crippen LogP contribution in [0.3, 0.4) is 0 Å². The van der Waals surface area contributed by atoms with Crippen LogP contribution in [0.1, 0.15) is 59.9 Å². The molecule has 2 amide bonds. The number of nitrogens with one attached hydrogen (secondary N) is 2. The normalized spacial score (nSPS) is 12.6. The Bertz CT molecular complexity index is 680. The van der Waals surface area contributed by atoms with E-state index in [1.165, 1.54) is 0 Å². The summed E-state index contributed by atoms with van der Waals surface area (Å²) in [5.41, 5.74) is -0.776. The molecular weight excluding hydrogens is 372 g/mol. The van der Waals surface area contributed by atoms with Gasteiger partial charge in [-0.25, -0.2) is 9.59 Å². The lowest BCUT2D eigenvalue weighted by atomic mass is 10.0. The molecule has 1 aromatic rings. The molecule has 1 aromatic carbocycles. The Kier molecular flexibility index (Phi) is 9.14. The molecule has 0 radical (unpaired) electrons. The minimum atomic E-state index is -1.26. The summed E-state index contributed by atoms with van der Waals surface area (Å²) >= 11 is 0. The predicted molar refractivity (Wildman–Crippen MR) is 111 cm³/mol. The van der Waals surface area contributed by atoms with Crippen LogP contribution in [0.4, 0.5) is 4.79 Å². The maximum absolute atomic E-state index is 12.7. The summed E-state index contributed by atoms with van der Waals surface area (Å²) in [7, 11) is 0. The average Bonchev–Trinajstić information content (AvgIpc) is 2.59. The van der Waals surface area contributed by atoms with Gasteiger partial charge >= 0.3 is 12.1 Å². The lowest BCUT2D eigenvalue weighted by Crippen LogP contribution is -2.58. The van der Waals surface area contributed by atoms with Gasteiger partial charge < -0.3 is 20.1 Å². The number of benzene rings is 1. The SMILES string of the molecule is CCOC(=O)C(CCCc1ccccc1)NC(=O)C(C)(C)NC(=O)OC(C)(C)C. The second-order valence-electron chi connectivity index (χ2n) is 8.41. The largest absolute Gasteiger partial charge is 0.464 e. The maximum atomic E-state index is 12.7. The van der Waals surface area contributed by atoms with Crippen LogP contribution in [0.15, 0.2) is 30.3 Å². The monoisotopic (exact) mass is 406 g/mol. The molecule has 29 heavy (non-hydrogen) atoms. The second kappa shape index (κ2) is 10.8. The Morgan fingerprint density at radius 1 is 1.03 bits per heavy atom. The van der Waals surface area contributed by atoms with E-state index in [2.05, 4.69) is 10.6 Å². The van der Waals surface area contributed by atoms with Gasteiger partial charge in [-0.15, -0.1) is 0 Å². The fraction of sp³-hybridized carbons (Fsp3) is 0.591. The molecule has 7 heteroatoms. The first kappa shape index (κ1) is 24.5. The van der Waals surface area contributed by atoms with Crippen molar-refractivity contribution in [2.45, 2.75) is 78.0 Å². The number of hydrogen-bond acceptors (Lipinski definition) is 5. The first-order chi connectivity index (χ1) is 13.4. The van der Waals surface area contributed by atoms with E-state index in [1.54, 1.807) is 41.5 Å². The molecule has 1 atom stereocenters. The molecule has 0 bridgehead atoms. The summed E-state index contributed by atoms with van der Waals surface area (Å²) in [4.78, 5) is 37.1. The fourth-order valence-electron chi connectivity index (χ4n) is 2.60. The van der Waals surface area contributed by atoms with Crippen LogP contribution in [0.2, 0.25) is 0 Å². The van der Waals surface area contributed by atoms with Crippen molar-refractivity contribution >= 4 is 18.0 Å². The molecule has 0 aromatic heterocycles. The van der Waals surface area contributed by atoms with E-state index in [1.807, 2.05) is 30.3 Å². The highest BCUT2D eigenvalue weighted by atomic mass is 16.6. The first-order valence-electron chi connectivity index (χ1n) is 9.97. The van der Waals surface area contributed by atoms with Crippen molar-refractivity contribution in [3.05, 3.63) is 35.9 Å². The van der Waals surface area contributed by atoms with E-state index in [9.17, 15) is 14.4 Å². The molecule has 0 saturated carbocycles. The van der Waals surface area contributed by atoms with E-state index in [0.29, 0.717) is 12.8 Å². The molecule has 2 N–H and O–H groups in total. The van der Waals surface area contributed by atoms with Crippen molar-refractivity contribution in [2.75, 3.05) is 6.61 Å². The molecule has 0 aliphatic carbocycles. The van der Waals surface area contributed by atoms with E-state index in [4.69, 9.17) is 9.47 Å². The molecule has 0 aliphatic rings. The van der Waals surface area contributed by atoms with Gasteiger partial charge in [-0.05, 0) is 66.4 Å². The number of carbonyl (C=O) groups is 3. The number of rotatable bonds is 9. The van der Waals surface area contributed by atoms with Gasteiger partial charge in [0.25, 0.3) is 0 Å². The summed E-state index contributed by atoms with van der Waals surface area (Å²) in [6.07, 6.45) is 1.22. The van der Waals surface area contributed by atoms with Gasteiger partial charge in [0, 0.05) is 0 Å². The number of carbonyl (C=O) groups excluding carboxylic acids is 3. The standard InChI is InChI=1S/C22H34N2O5/c1-7-28-18(25)17(15-11-14-16-12-9-8-10-13-16)23-19(26)22(5,6)24-20(27)29-21(2,3)4/h8-10,12-13,17H,7,11,14-15H2,1-6H3,(H,23,26)(H,24,27). The van der Waals surface area contributed by atoms with Crippen LogP contribution in [0.5, 0.6) is 0 Å². The fourth-order valence-corrected chi connectivity index (χ4v) is 2.60. The van der Waals surface area contributed by atoms with Gasteiger partial charge in [0.1, 0.15) is 17.2 Å². The van der Waals surface area contributed by atoms with E-state index >= 15 is 0 Å². The van der Waals surface area contributed by atoms with Crippen LogP contribution < -0.4 is 10.6 Å². The van der Waals surface area contributed by atoms with Crippen LogP contribution in [-0.4, -0.2) is 41.8 Å². The Balaban J connectivity index is 2.71. The van der Waals surface area contributed by atoms with Crippen molar-refractivity contribution in [3.8, 4) is 0 Å². The average molecular weight is 407 g/mol. The number of alkyl carbamates (subject to hydrolysis) is 1. The minimum Gasteiger partial charge on any atom is -0.464 e. The van der Waals surface area contributed by atoms with Crippen molar-refractivity contribution in [3.63, 3.8) is 0 Å². The van der Waals surface area contributed by atoms with E-state index in [-0.39, 0.29) is 6.61 Å². The molecule has 1 rings (SSSR count). The highest BCUT2D eigenvalue weighted by Crippen LogP contribution is 2.12. The van der Waals surface area contributed by atoms with E-state index in [0.717, 1.165) is 12.0 Å². The number of aryl methyl sites for hydroxylation is 1. The lowest BCUT2D eigenvalue weighted by molar-refractivity contribution is -0.148. The zero-order valence-corrected chi connectivity index (χ0v) is 18.3. The minimum absolute atomic E-state index is 0.226. The summed E-state index contributed by atoms with van der Waals surface area (Å²) in [5, 5.41) is 5.26.